The predicted octanol–water partition coefficient (Wildman–Crippen LogP) is 3.49. The SMILES string of the molecule is C[C@H](C(=O)[C@H]1CNC[C@@H](c2cc(F)c(C#N)c3ncccc23)C1)C1CCN(C)CC1. The largest absolute Gasteiger partial charge is 0.315 e. The number of benzene rings is 1. The second-order valence-electron chi connectivity index (χ2n) is 8.95. The van der Waals surface area contributed by atoms with E-state index in [-0.39, 0.29) is 23.3 Å². The Bertz CT molecular complexity index is 977. The Kier molecular flexibility index (Phi) is 6.12. The van der Waals surface area contributed by atoms with Gasteiger partial charge in [-0.25, -0.2) is 4.39 Å². The Balaban J connectivity index is 1.56. The Morgan fingerprint density at radius 1 is 1.37 bits per heavy atom. The molecule has 0 unspecified atom stereocenters. The van der Waals surface area contributed by atoms with Gasteiger partial charge in [0.05, 0.1) is 5.52 Å². The second-order valence-corrected chi connectivity index (χ2v) is 8.95. The number of hydrogen-bond donors (Lipinski definition) is 1. The molecule has 0 bridgehead atoms. The van der Waals surface area contributed by atoms with Gasteiger partial charge >= 0.3 is 0 Å². The molecule has 0 saturated carbocycles. The molecule has 0 aliphatic carbocycles. The van der Waals surface area contributed by atoms with Crippen LogP contribution in [0.25, 0.3) is 10.9 Å². The number of ketones is 1. The zero-order valence-electron chi connectivity index (χ0n) is 17.7. The summed E-state index contributed by atoms with van der Waals surface area (Å²) >= 11 is 0. The van der Waals surface area contributed by atoms with Gasteiger partial charge in [-0.1, -0.05) is 13.0 Å². The molecule has 0 amide bonds. The third-order valence-corrected chi connectivity index (χ3v) is 7.10. The van der Waals surface area contributed by atoms with Crippen LogP contribution in [0.3, 0.4) is 0 Å². The first-order valence-electron chi connectivity index (χ1n) is 10.9. The predicted molar refractivity (Wildman–Crippen MR) is 115 cm³/mol. The molecule has 3 atom stereocenters. The van der Waals surface area contributed by atoms with E-state index in [1.54, 1.807) is 6.20 Å². The minimum atomic E-state index is -0.535. The number of pyridine rings is 1. The number of hydrogen-bond acceptors (Lipinski definition) is 5. The maximum Gasteiger partial charge on any atom is 0.143 e. The lowest BCUT2D eigenvalue weighted by Crippen LogP contribution is -2.43. The first-order chi connectivity index (χ1) is 14.5. The van der Waals surface area contributed by atoms with Crippen molar-refractivity contribution in [1.82, 2.24) is 15.2 Å². The van der Waals surface area contributed by atoms with Gasteiger partial charge in [-0.05, 0) is 68.9 Å². The minimum absolute atomic E-state index is 0.0124. The number of Topliss-reactive ketones (excluding diaryl/α,β-unsaturated/α-hetero) is 1. The fraction of sp³-hybridized carbons (Fsp3) is 0.542. The van der Waals surface area contributed by atoms with Crippen molar-refractivity contribution in [3.8, 4) is 6.07 Å². The molecule has 1 N–H and O–H groups in total. The van der Waals surface area contributed by atoms with Crippen molar-refractivity contribution in [1.29, 1.82) is 5.26 Å². The molecule has 1 aromatic heterocycles. The number of nitrogens with zero attached hydrogens (tertiary/aromatic N) is 3. The summed E-state index contributed by atoms with van der Waals surface area (Å²) in [6.07, 6.45) is 4.44. The van der Waals surface area contributed by atoms with E-state index in [0.29, 0.717) is 36.7 Å². The highest BCUT2D eigenvalue weighted by molar-refractivity contribution is 5.88. The molecule has 158 valence electrons. The fourth-order valence-corrected chi connectivity index (χ4v) is 5.21. The molecule has 4 rings (SSSR count). The van der Waals surface area contributed by atoms with E-state index in [0.717, 1.165) is 36.9 Å². The van der Waals surface area contributed by atoms with Gasteiger partial charge in [0, 0.05) is 36.5 Å². The van der Waals surface area contributed by atoms with Crippen LogP contribution >= 0.6 is 0 Å². The van der Waals surface area contributed by atoms with E-state index < -0.39 is 5.82 Å². The highest BCUT2D eigenvalue weighted by atomic mass is 19.1. The van der Waals surface area contributed by atoms with E-state index in [2.05, 4.69) is 29.2 Å². The van der Waals surface area contributed by atoms with Gasteiger partial charge < -0.3 is 10.2 Å². The summed E-state index contributed by atoms with van der Waals surface area (Å²) in [6.45, 7) is 5.57. The number of carbonyl (C=O) groups is 1. The van der Waals surface area contributed by atoms with Crippen LogP contribution in [0, 0.1) is 34.9 Å². The molecule has 30 heavy (non-hydrogen) atoms. The van der Waals surface area contributed by atoms with Gasteiger partial charge in [0.2, 0.25) is 0 Å². The van der Waals surface area contributed by atoms with E-state index in [4.69, 9.17) is 0 Å². The van der Waals surface area contributed by atoms with Crippen LogP contribution in [0.2, 0.25) is 0 Å². The summed E-state index contributed by atoms with van der Waals surface area (Å²) in [6, 6.07) is 7.12. The maximum absolute atomic E-state index is 14.6. The normalized spacial score (nSPS) is 24.5. The molecular weight excluding hydrogens is 379 g/mol. The van der Waals surface area contributed by atoms with Crippen LogP contribution in [0.4, 0.5) is 4.39 Å². The number of rotatable bonds is 4. The van der Waals surface area contributed by atoms with Crippen LogP contribution in [0.1, 0.15) is 43.2 Å². The molecule has 2 aliphatic rings. The number of nitrogens with one attached hydrogen (secondary N) is 1. The molecule has 1 aromatic carbocycles. The summed E-state index contributed by atoms with van der Waals surface area (Å²) in [5.74, 6) is 0.257. The highest BCUT2D eigenvalue weighted by Gasteiger charge is 2.35. The van der Waals surface area contributed by atoms with Gasteiger partial charge in [0.25, 0.3) is 0 Å². The second kappa shape index (κ2) is 8.79. The van der Waals surface area contributed by atoms with Crippen molar-refractivity contribution in [2.24, 2.45) is 17.8 Å². The molecular formula is C24H29FN4O. The number of fused-ring (bicyclic) bond motifs is 1. The molecule has 3 heterocycles. The van der Waals surface area contributed by atoms with E-state index in [1.165, 1.54) is 6.07 Å². The Morgan fingerprint density at radius 2 is 2.13 bits per heavy atom. The fourth-order valence-electron chi connectivity index (χ4n) is 5.21. The lowest BCUT2D eigenvalue weighted by atomic mass is 9.75. The zero-order valence-corrected chi connectivity index (χ0v) is 17.7. The van der Waals surface area contributed by atoms with Crippen molar-refractivity contribution >= 4 is 16.7 Å². The van der Waals surface area contributed by atoms with Crippen LogP contribution in [-0.4, -0.2) is 48.9 Å². The summed E-state index contributed by atoms with van der Waals surface area (Å²) in [5, 5.41) is 13.6. The molecule has 6 heteroatoms. The minimum Gasteiger partial charge on any atom is -0.315 e. The zero-order chi connectivity index (χ0) is 21.3. The van der Waals surface area contributed by atoms with E-state index >= 15 is 0 Å². The van der Waals surface area contributed by atoms with Crippen molar-refractivity contribution in [3.05, 3.63) is 41.3 Å². The smallest absolute Gasteiger partial charge is 0.143 e. The number of likely N-dealkylation sites (tertiary alicyclic amines) is 1. The Morgan fingerprint density at radius 3 is 2.87 bits per heavy atom. The topological polar surface area (TPSA) is 69.0 Å². The Hall–Kier alpha value is -2.36. The number of nitriles is 1. The van der Waals surface area contributed by atoms with Crippen molar-refractivity contribution in [3.63, 3.8) is 0 Å². The first kappa shape index (κ1) is 20.9. The summed E-state index contributed by atoms with van der Waals surface area (Å²) < 4.78 is 14.6. The average Bonchev–Trinajstić information content (AvgIpc) is 2.78. The number of piperidine rings is 2. The quantitative estimate of drug-likeness (QED) is 0.839. The van der Waals surface area contributed by atoms with Crippen LogP contribution in [0.15, 0.2) is 24.4 Å². The van der Waals surface area contributed by atoms with Crippen LogP contribution in [0.5, 0.6) is 0 Å². The monoisotopic (exact) mass is 408 g/mol. The van der Waals surface area contributed by atoms with Gasteiger partial charge in [-0.2, -0.15) is 5.26 Å². The lowest BCUT2D eigenvalue weighted by molar-refractivity contribution is -0.129. The van der Waals surface area contributed by atoms with Crippen molar-refractivity contribution < 1.29 is 9.18 Å². The third kappa shape index (κ3) is 3.97. The Labute approximate surface area is 177 Å². The van der Waals surface area contributed by atoms with Crippen LogP contribution in [-0.2, 0) is 4.79 Å². The highest BCUT2D eigenvalue weighted by Crippen LogP contribution is 2.36. The number of aromatic nitrogens is 1. The van der Waals surface area contributed by atoms with Crippen molar-refractivity contribution in [2.75, 3.05) is 33.2 Å². The van der Waals surface area contributed by atoms with Gasteiger partial charge in [-0.15, -0.1) is 0 Å². The summed E-state index contributed by atoms with van der Waals surface area (Å²) in [4.78, 5) is 19.9. The van der Waals surface area contributed by atoms with Gasteiger partial charge in [0.15, 0.2) is 0 Å². The van der Waals surface area contributed by atoms with E-state index in [9.17, 15) is 14.4 Å². The molecule has 5 nitrogen and oxygen atoms in total. The number of halogens is 1. The molecule has 2 saturated heterocycles. The van der Waals surface area contributed by atoms with Crippen molar-refractivity contribution in [2.45, 2.75) is 32.1 Å². The molecule has 2 aromatic rings. The average molecular weight is 409 g/mol. The van der Waals surface area contributed by atoms with Crippen LogP contribution < -0.4 is 5.32 Å². The first-order valence-corrected chi connectivity index (χ1v) is 10.9. The van der Waals surface area contributed by atoms with Gasteiger partial charge in [-0.3, -0.25) is 9.78 Å². The molecule has 0 spiro atoms. The molecule has 0 radical (unpaired) electrons. The van der Waals surface area contributed by atoms with E-state index in [1.807, 2.05) is 18.2 Å². The lowest BCUT2D eigenvalue weighted by Gasteiger charge is -2.36. The van der Waals surface area contributed by atoms with Gasteiger partial charge in [0.1, 0.15) is 23.2 Å². The molecule has 2 fully saturated rings. The summed E-state index contributed by atoms with van der Waals surface area (Å²) in [7, 11) is 2.13. The summed E-state index contributed by atoms with van der Waals surface area (Å²) in [5.41, 5.74) is 1.23. The third-order valence-electron chi connectivity index (χ3n) is 7.10. The molecule has 2 aliphatic heterocycles. The standard InChI is InChI=1S/C24H29FN4O/c1-15(16-5-8-29(2)9-6-16)24(30)18-10-17(13-27-14-18)20-11-22(25)21(12-26)23-19(20)4-3-7-28-23/h3-4,7,11,15-18,27H,5-6,8-10,13-14H2,1-2H3/t15-,17-,18+/m0/s1. The maximum atomic E-state index is 14.6. The number of carbonyl (C=O) groups excluding carboxylic acids is 1.